The van der Waals surface area contributed by atoms with E-state index in [2.05, 4.69) is 10.2 Å². The van der Waals surface area contributed by atoms with E-state index in [9.17, 15) is 4.79 Å². The number of aromatic nitrogens is 2. The van der Waals surface area contributed by atoms with Crippen LogP contribution in [0.15, 0.2) is 41.3 Å². The SMILES string of the molecule is Cl.O=c1[nH]nccc1-c1ccccc1Cl. The van der Waals surface area contributed by atoms with Crippen molar-refractivity contribution in [3.63, 3.8) is 0 Å². The molecular formula is C10H8Cl2N2O. The molecule has 1 heterocycles. The molecule has 0 spiro atoms. The van der Waals surface area contributed by atoms with Crippen molar-refractivity contribution in [1.29, 1.82) is 0 Å². The number of benzene rings is 1. The van der Waals surface area contributed by atoms with Crippen LogP contribution in [0.1, 0.15) is 0 Å². The first-order chi connectivity index (χ1) is 6.79. The van der Waals surface area contributed by atoms with Crippen LogP contribution in [-0.2, 0) is 0 Å². The van der Waals surface area contributed by atoms with Crippen molar-refractivity contribution in [2.24, 2.45) is 0 Å². The number of nitrogens with one attached hydrogen (secondary N) is 1. The Labute approximate surface area is 97.5 Å². The molecule has 0 amide bonds. The molecule has 15 heavy (non-hydrogen) atoms. The lowest BCUT2D eigenvalue weighted by Gasteiger charge is -2.01. The summed E-state index contributed by atoms with van der Waals surface area (Å²) in [5, 5.41) is 6.54. The van der Waals surface area contributed by atoms with Gasteiger partial charge in [0.2, 0.25) is 0 Å². The Bertz CT molecular complexity index is 511. The van der Waals surface area contributed by atoms with E-state index in [1.807, 2.05) is 12.1 Å². The van der Waals surface area contributed by atoms with Crippen molar-refractivity contribution >= 4 is 24.0 Å². The van der Waals surface area contributed by atoms with Gasteiger partial charge in [0.15, 0.2) is 0 Å². The second-order valence-corrected chi connectivity index (χ2v) is 3.19. The Morgan fingerprint density at radius 1 is 1.13 bits per heavy atom. The van der Waals surface area contributed by atoms with Gasteiger partial charge in [-0.1, -0.05) is 29.8 Å². The molecule has 1 aromatic carbocycles. The van der Waals surface area contributed by atoms with E-state index in [1.165, 1.54) is 6.20 Å². The summed E-state index contributed by atoms with van der Waals surface area (Å²) in [6.07, 6.45) is 1.53. The van der Waals surface area contributed by atoms with Crippen molar-refractivity contribution in [3.05, 3.63) is 51.9 Å². The largest absolute Gasteiger partial charge is 0.272 e. The Kier molecular flexibility index (Phi) is 3.88. The van der Waals surface area contributed by atoms with Gasteiger partial charge in [0.1, 0.15) is 0 Å². The average Bonchev–Trinajstić information content (AvgIpc) is 2.20. The van der Waals surface area contributed by atoms with Crippen LogP contribution in [0.5, 0.6) is 0 Å². The van der Waals surface area contributed by atoms with Crippen LogP contribution in [-0.4, -0.2) is 10.2 Å². The molecule has 0 bridgehead atoms. The quantitative estimate of drug-likeness (QED) is 0.836. The monoisotopic (exact) mass is 242 g/mol. The molecule has 0 radical (unpaired) electrons. The summed E-state index contributed by atoms with van der Waals surface area (Å²) in [5.74, 6) is 0. The molecule has 5 heteroatoms. The molecule has 1 aromatic heterocycles. The van der Waals surface area contributed by atoms with Gasteiger partial charge in [-0.15, -0.1) is 12.4 Å². The number of hydrogen-bond donors (Lipinski definition) is 1. The third-order valence-corrected chi connectivity index (χ3v) is 2.22. The first-order valence-corrected chi connectivity index (χ1v) is 4.45. The predicted molar refractivity (Wildman–Crippen MR) is 62.6 cm³/mol. The van der Waals surface area contributed by atoms with Gasteiger partial charge in [-0.3, -0.25) is 4.79 Å². The Morgan fingerprint density at radius 3 is 2.53 bits per heavy atom. The molecule has 0 fully saturated rings. The van der Waals surface area contributed by atoms with E-state index in [-0.39, 0.29) is 18.0 Å². The van der Waals surface area contributed by atoms with E-state index in [1.54, 1.807) is 18.2 Å². The van der Waals surface area contributed by atoms with Crippen molar-refractivity contribution in [2.45, 2.75) is 0 Å². The Hall–Kier alpha value is -1.32. The molecule has 0 unspecified atom stereocenters. The third-order valence-electron chi connectivity index (χ3n) is 1.89. The molecule has 0 atom stereocenters. The number of rotatable bonds is 1. The highest BCUT2D eigenvalue weighted by Crippen LogP contribution is 2.23. The van der Waals surface area contributed by atoms with Gasteiger partial charge in [-0.2, -0.15) is 5.10 Å². The lowest BCUT2D eigenvalue weighted by atomic mass is 10.1. The van der Waals surface area contributed by atoms with E-state index >= 15 is 0 Å². The van der Waals surface area contributed by atoms with Crippen molar-refractivity contribution in [3.8, 4) is 11.1 Å². The first-order valence-electron chi connectivity index (χ1n) is 4.07. The van der Waals surface area contributed by atoms with Crippen molar-refractivity contribution in [2.75, 3.05) is 0 Å². The van der Waals surface area contributed by atoms with Gasteiger partial charge < -0.3 is 0 Å². The minimum atomic E-state index is -0.236. The fourth-order valence-corrected chi connectivity index (χ4v) is 1.47. The third kappa shape index (κ3) is 2.37. The maximum atomic E-state index is 11.4. The van der Waals surface area contributed by atoms with E-state index in [0.717, 1.165) is 5.56 Å². The number of halogens is 2. The Balaban J connectivity index is 0.00000112. The van der Waals surface area contributed by atoms with Crippen LogP contribution in [0, 0.1) is 0 Å². The summed E-state index contributed by atoms with van der Waals surface area (Å²) in [7, 11) is 0. The highest BCUT2D eigenvalue weighted by atomic mass is 35.5. The second-order valence-electron chi connectivity index (χ2n) is 2.78. The number of nitrogens with zero attached hydrogens (tertiary/aromatic N) is 1. The molecule has 2 aromatic rings. The van der Waals surface area contributed by atoms with E-state index in [4.69, 9.17) is 11.6 Å². The highest BCUT2D eigenvalue weighted by molar-refractivity contribution is 6.33. The molecule has 2 rings (SSSR count). The summed E-state index contributed by atoms with van der Waals surface area (Å²) in [5.41, 5.74) is 1.02. The van der Waals surface area contributed by atoms with Gasteiger partial charge in [0.05, 0.1) is 5.56 Å². The number of aromatic amines is 1. The summed E-state index contributed by atoms with van der Waals surface area (Å²) < 4.78 is 0. The first kappa shape index (κ1) is 11.8. The highest BCUT2D eigenvalue weighted by Gasteiger charge is 2.05. The van der Waals surface area contributed by atoms with Crippen LogP contribution in [0.25, 0.3) is 11.1 Å². The second kappa shape index (κ2) is 4.96. The fourth-order valence-electron chi connectivity index (χ4n) is 1.24. The maximum Gasteiger partial charge on any atom is 0.272 e. The van der Waals surface area contributed by atoms with E-state index < -0.39 is 0 Å². The molecule has 3 nitrogen and oxygen atoms in total. The van der Waals surface area contributed by atoms with Gasteiger partial charge in [-0.25, -0.2) is 5.10 Å². The van der Waals surface area contributed by atoms with Gasteiger partial charge in [0, 0.05) is 16.8 Å². The Morgan fingerprint density at radius 2 is 1.87 bits per heavy atom. The summed E-state index contributed by atoms with van der Waals surface area (Å²) in [4.78, 5) is 11.4. The van der Waals surface area contributed by atoms with Crippen LogP contribution >= 0.6 is 24.0 Å². The fraction of sp³-hybridized carbons (Fsp3) is 0. The molecule has 0 saturated carbocycles. The standard InChI is InChI=1S/C10H7ClN2O.ClH/c11-9-4-2-1-3-7(9)8-5-6-12-13-10(8)14;/h1-6H,(H,13,14);1H. The molecule has 78 valence electrons. The van der Waals surface area contributed by atoms with Crippen molar-refractivity contribution in [1.82, 2.24) is 10.2 Å². The topological polar surface area (TPSA) is 45.8 Å². The minimum Gasteiger partial charge on any atom is -0.267 e. The minimum absolute atomic E-state index is 0. The zero-order valence-corrected chi connectivity index (χ0v) is 9.18. The molecule has 1 N–H and O–H groups in total. The van der Waals surface area contributed by atoms with Gasteiger partial charge in [0.25, 0.3) is 5.56 Å². The average molecular weight is 243 g/mol. The van der Waals surface area contributed by atoms with Crippen molar-refractivity contribution < 1.29 is 0 Å². The summed E-state index contributed by atoms with van der Waals surface area (Å²) in [6.45, 7) is 0. The molecular weight excluding hydrogens is 235 g/mol. The maximum absolute atomic E-state index is 11.4. The molecule has 0 saturated heterocycles. The zero-order valence-electron chi connectivity index (χ0n) is 7.61. The van der Waals surface area contributed by atoms with Crippen LogP contribution in [0.4, 0.5) is 0 Å². The smallest absolute Gasteiger partial charge is 0.267 e. The number of H-pyrrole nitrogens is 1. The van der Waals surface area contributed by atoms with Crippen LogP contribution in [0.3, 0.4) is 0 Å². The van der Waals surface area contributed by atoms with Gasteiger partial charge >= 0.3 is 0 Å². The zero-order chi connectivity index (χ0) is 9.97. The van der Waals surface area contributed by atoms with E-state index in [0.29, 0.717) is 10.6 Å². The van der Waals surface area contributed by atoms with Gasteiger partial charge in [-0.05, 0) is 12.1 Å². The molecule has 0 aliphatic rings. The lowest BCUT2D eigenvalue weighted by Crippen LogP contribution is -2.09. The van der Waals surface area contributed by atoms with Crippen LogP contribution < -0.4 is 5.56 Å². The molecule has 0 aliphatic carbocycles. The van der Waals surface area contributed by atoms with Crippen LogP contribution in [0.2, 0.25) is 5.02 Å². The lowest BCUT2D eigenvalue weighted by molar-refractivity contribution is 0.991. The summed E-state index contributed by atoms with van der Waals surface area (Å²) >= 11 is 5.96. The number of hydrogen-bond acceptors (Lipinski definition) is 2. The normalized spacial score (nSPS) is 9.40. The predicted octanol–water partition coefficient (Wildman–Crippen LogP) is 2.51. The summed E-state index contributed by atoms with van der Waals surface area (Å²) in [6, 6.07) is 8.84. The molecule has 0 aliphatic heterocycles.